The van der Waals surface area contributed by atoms with Gasteiger partial charge in [-0.3, -0.25) is 0 Å². The van der Waals surface area contributed by atoms with Gasteiger partial charge in [0.1, 0.15) is 5.75 Å². The fourth-order valence-electron chi connectivity index (χ4n) is 4.21. The number of benzene rings is 1. The molecule has 1 aromatic carbocycles. The molecule has 1 saturated heterocycles. The summed E-state index contributed by atoms with van der Waals surface area (Å²) in [5.74, 6) is 1.02. The third-order valence-electron chi connectivity index (χ3n) is 5.81. The van der Waals surface area contributed by atoms with E-state index in [-0.39, 0.29) is 12.2 Å². The Hall–Kier alpha value is -1.10. The van der Waals surface area contributed by atoms with Crippen molar-refractivity contribution in [3.63, 3.8) is 0 Å². The van der Waals surface area contributed by atoms with Gasteiger partial charge in [0.05, 0.1) is 12.2 Å². The molecule has 2 heterocycles. The summed E-state index contributed by atoms with van der Waals surface area (Å²) in [4.78, 5) is 2.58. The molecule has 0 amide bonds. The molecule has 0 saturated carbocycles. The molecular weight excluding hydrogens is 300 g/mol. The van der Waals surface area contributed by atoms with E-state index in [0.29, 0.717) is 18.2 Å². The van der Waals surface area contributed by atoms with E-state index in [1.54, 1.807) is 0 Å². The fourth-order valence-corrected chi connectivity index (χ4v) is 4.21. The van der Waals surface area contributed by atoms with Crippen LogP contribution in [0.2, 0.25) is 0 Å². The van der Waals surface area contributed by atoms with Crippen LogP contribution in [0.25, 0.3) is 0 Å². The summed E-state index contributed by atoms with van der Waals surface area (Å²) >= 11 is 0. The standard InChI is InChI=1S/C20H32N2O2/c1-3-4-9-22-10-7-15(8-11-22)18-12-17-16(19(13-21)24-18)6-5-14(2)20(17)23/h5-6,15,18-19,23H,3-4,7-13,21H2,1-2H3. The summed E-state index contributed by atoms with van der Waals surface area (Å²) in [7, 11) is 0. The smallest absolute Gasteiger partial charge is 0.122 e. The summed E-state index contributed by atoms with van der Waals surface area (Å²) in [6.45, 7) is 8.25. The molecule has 0 bridgehead atoms. The number of unbranched alkanes of at least 4 members (excludes halogenated alkanes) is 1. The van der Waals surface area contributed by atoms with Crippen LogP contribution in [0.5, 0.6) is 5.75 Å². The molecule has 2 aliphatic rings. The lowest BCUT2D eigenvalue weighted by Crippen LogP contribution is -2.42. The average molecular weight is 332 g/mol. The Bertz CT molecular complexity index is 553. The Labute approximate surface area is 146 Å². The Balaban J connectivity index is 1.69. The van der Waals surface area contributed by atoms with Gasteiger partial charge < -0.3 is 20.5 Å². The molecule has 4 nitrogen and oxygen atoms in total. The monoisotopic (exact) mass is 332 g/mol. The first-order valence-electron chi connectivity index (χ1n) is 9.53. The molecule has 2 unspecified atom stereocenters. The van der Waals surface area contributed by atoms with Crippen molar-refractivity contribution < 1.29 is 9.84 Å². The summed E-state index contributed by atoms with van der Waals surface area (Å²) in [6.07, 6.45) is 5.86. The number of rotatable bonds is 5. The number of aryl methyl sites for hydroxylation is 1. The van der Waals surface area contributed by atoms with Crippen molar-refractivity contribution in [1.82, 2.24) is 4.90 Å². The predicted molar refractivity (Wildman–Crippen MR) is 97.3 cm³/mol. The molecule has 1 fully saturated rings. The molecule has 0 spiro atoms. The van der Waals surface area contributed by atoms with E-state index in [1.165, 1.54) is 45.3 Å². The number of nitrogens with two attached hydrogens (primary N) is 1. The number of piperidine rings is 1. The highest BCUT2D eigenvalue weighted by Gasteiger charge is 2.35. The fraction of sp³-hybridized carbons (Fsp3) is 0.700. The number of fused-ring (bicyclic) bond motifs is 1. The average Bonchev–Trinajstić information content (AvgIpc) is 2.62. The number of hydrogen-bond donors (Lipinski definition) is 2. The summed E-state index contributed by atoms with van der Waals surface area (Å²) < 4.78 is 6.36. The van der Waals surface area contributed by atoms with Gasteiger partial charge in [-0.1, -0.05) is 25.5 Å². The van der Waals surface area contributed by atoms with Gasteiger partial charge in [0.2, 0.25) is 0 Å². The normalized spacial score (nSPS) is 25.6. The van der Waals surface area contributed by atoms with Crippen LogP contribution in [-0.2, 0) is 11.2 Å². The van der Waals surface area contributed by atoms with Gasteiger partial charge in [0.25, 0.3) is 0 Å². The van der Waals surface area contributed by atoms with Crippen molar-refractivity contribution in [3.8, 4) is 5.75 Å². The summed E-state index contributed by atoms with van der Waals surface area (Å²) in [6, 6.07) is 4.04. The Morgan fingerprint density at radius 1 is 1.29 bits per heavy atom. The van der Waals surface area contributed by atoms with Crippen LogP contribution in [0.3, 0.4) is 0 Å². The lowest BCUT2D eigenvalue weighted by atomic mass is 9.83. The number of hydrogen-bond acceptors (Lipinski definition) is 4. The Kier molecular flexibility index (Phi) is 5.80. The molecule has 134 valence electrons. The second-order valence-electron chi connectivity index (χ2n) is 7.43. The summed E-state index contributed by atoms with van der Waals surface area (Å²) in [5, 5.41) is 10.5. The number of ether oxygens (including phenoxy) is 1. The van der Waals surface area contributed by atoms with Crippen molar-refractivity contribution >= 4 is 0 Å². The quantitative estimate of drug-likeness (QED) is 0.869. The van der Waals surface area contributed by atoms with Crippen LogP contribution in [0.4, 0.5) is 0 Å². The highest BCUT2D eigenvalue weighted by atomic mass is 16.5. The van der Waals surface area contributed by atoms with Crippen LogP contribution in [0, 0.1) is 12.8 Å². The third-order valence-corrected chi connectivity index (χ3v) is 5.81. The first kappa shape index (κ1) is 17.7. The van der Waals surface area contributed by atoms with Gasteiger partial charge in [-0.25, -0.2) is 0 Å². The highest BCUT2D eigenvalue weighted by molar-refractivity contribution is 5.47. The zero-order valence-electron chi connectivity index (χ0n) is 15.1. The molecule has 3 N–H and O–H groups in total. The van der Waals surface area contributed by atoms with Gasteiger partial charge in [0.15, 0.2) is 0 Å². The molecule has 0 aliphatic carbocycles. The minimum Gasteiger partial charge on any atom is -0.507 e. The van der Waals surface area contributed by atoms with Crippen LogP contribution < -0.4 is 5.73 Å². The van der Waals surface area contributed by atoms with Crippen molar-refractivity contribution in [3.05, 3.63) is 28.8 Å². The number of phenols is 1. The van der Waals surface area contributed by atoms with E-state index in [9.17, 15) is 5.11 Å². The zero-order valence-corrected chi connectivity index (χ0v) is 15.1. The maximum absolute atomic E-state index is 10.5. The molecule has 0 aromatic heterocycles. The third kappa shape index (κ3) is 3.61. The number of likely N-dealkylation sites (tertiary alicyclic amines) is 1. The molecule has 2 aliphatic heterocycles. The predicted octanol–water partition coefficient (Wildman–Crippen LogP) is 3.15. The Morgan fingerprint density at radius 2 is 2.04 bits per heavy atom. The number of aromatic hydroxyl groups is 1. The SMILES string of the molecule is CCCCN1CCC(C2Cc3c(ccc(C)c3O)C(CN)O2)CC1. The van der Waals surface area contributed by atoms with Crippen LogP contribution in [0.15, 0.2) is 12.1 Å². The first-order chi connectivity index (χ1) is 11.6. The van der Waals surface area contributed by atoms with E-state index in [1.807, 2.05) is 13.0 Å². The van der Waals surface area contributed by atoms with Crippen LogP contribution >= 0.6 is 0 Å². The van der Waals surface area contributed by atoms with Gasteiger partial charge in [-0.05, 0) is 62.9 Å². The largest absolute Gasteiger partial charge is 0.507 e. The lowest BCUT2D eigenvalue weighted by Gasteiger charge is -2.40. The topological polar surface area (TPSA) is 58.7 Å². The van der Waals surface area contributed by atoms with Crippen molar-refractivity contribution in [1.29, 1.82) is 0 Å². The lowest BCUT2D eigenvalue weighted by molar-refractivity contribution is -0.0647. The highest BCUT2D eigenvalue weighted by Crippen LogP contribution is 2.40. The second kappa shape index (κ2) is 7.85. The molecule has 24 heavy (non-hydrogen) atoms. The van der Waals surface area contributed by atoms with Gasteiger partial charge >= 0.3 is 0 Å². The maximum atomic E-state index is 10.5. The Morgan fingerprint density at radius 3 is 2.71 bits per heavy atom. The number of nitrogens with zero attached hydrogens (tertiary/aromatic N) is 1. The van der Waals surface area contributed by atoms with E-state index in [0.717, 1.165) is 23.1 Å². The molecule has 1 aromatic rings. The molecule has 4 heteroatoms. The maximum Gasteiger partial charge on any atom is 0.122 e. The first-order valence-corrected chi connectivity index (χ1v) is 9.53. The van der Waals surface area contributed by atoms with E-state index in [2.05, 4.69) is 17.9 Å². The second-order valence-corrected chi connectivity index (χ2v) is 7.43. The minimum absolute atomic E-state index is 0.0802. The van der Waals surface area contributed by atoms with Crippen LogP contribution in [0.1, 0.15) is 55.4 Å². The molecular formula is C20H32N2O2. The van der Waals surface area contributed by atoms with Gasteiger partial charge in [-0.15, -0.1) is 0 Å². The van der Waals surface area contributed by atoms with Gasteiger partial charge in [-0.2, -0.15) is 0 Å². The van der Waals surface area contributed by atoms with Crippen LogP contribution in [-0.4, -0.2) is 42.3 Å². The zero-order chi connectivity index (χ0) is 17.1. The van der Waals surface area contributed by atoms with E-state index >= 15 is 0 Å². The van der Waals surface area contributed by atoms with E-state index in [4.69, 9.17) is 10.5 Å². The van der Waals surface area contributed by atoms with Gasteiger partial charge in [0, 0.05) is 18.5 Å². The van der Waals surface area contributed by atoms with Crippen molar-refractivity contribution in [2.45, 2.75) is 58.2 Å². The van der Waals surface area contributed by atoms with Crippen molar-refractivity contribution in [2.75, 3.05) is 26.2 Å². The van der Waals surface area contributed by atoms with E-state index < -0.39 is 0 Å². The number of phenolic OH excluding ortho intramolecular Hbond substituents is 1. The molecule has 3 rings (SSSR count). The molecule has 0 radical (unpaired) electrons. The summed E-state index contributed by atoms with van der Waals surface area (Å²) in [5.41, 5.74) is 9.05. The van der Waals surface area contributed by atoms with Crippen molar-refractivity contribution in [2.24, 2.45) is 11.7 Å². The minimum atomic E-state index is -0.0802. The molecule has 2 atom stereocenters.